The molecule has 0 aliphatic carbocycles. The molecule has 2 aliphatic heterocycles. The van der Waals surface area contributed by atoms with Crippen LogP contribution >= 0.6 is 0 Å². The predicted octanol–water partition coefficient (Wildman–Crippen LogP) is 0.977. The molecular formula is C14H25N3O3. The van der Waals surface area contributed by atoms with E-state index in [4.69, 9.17) is 5.11 Å². The average molecular weight is 283 g/mol. The SMILES string of the molecule is CC1C(C(=O)O)CCN1C(=O)NCCN1CCCCC1. The Morgan fingerprint density at radius 3 is 2.50 bits per heavy atom. The number of carbonyl (C=O) groups is 2. The van der Waals surface area contributed by atoms with E-state index in [0.29, 0.717) is 19.5 Å². The summed E-state index contributed by atoms with van der Waals surface area (Å²) in [5, 5.41) is 12.0. The predicted molar refractivity (Wildman–Crippen MR) is 75.6 cm³/mol. The number of urea groups is 1. The second-order valence-corrected chi connectivity index (χ2v) is 5.80. The van der Waals surface area contributed by atoms with Crippen molar-refractivity contribution in [2.24, 2.45) is 5.92 Å². The Morgan fingerprint density at radius 1 is 1.20 bits per heavy atom. The zero-order valence-corrected chi connectivity index (χ0v) is 12.2. The van der Waals surface area contributed by atoms with Crippen molar-refractivity contribution < 1.29 is 14.7 Å². The van der Waals surface area contributed by atoms with E-state index in [2.05, 4.69) is 10.2 Å². The largest absolute Gasteiger partial charge is 0.481 e. The minimum atomic E-state index is -0.805. The molecule has 6 nitrogen and oxygen atoms in total. The summed E-state index contributed by atoms with van der Waals surface area (Å²) < 4.78 is 0. The van der Waals surface area contributed by atoms with Crippen molar-refractivity contribution in [1.29, 1.82) is 0 Å². The van der Waals surface area contributed by atoms with Gasteiger partial charge in [0, 0.05) is 25.7 Å². The third-order valence-corrected chi connectivity index (χ3v) is 4.49. The van der Waals surface area contributed by atoms with E-state index in [1.165, 1.54) is 19.3 Å². The van der Waals surface area contributed by atoms with Crippen LogP contribution in [-0.2, 0) is 4.79 Å². The minimum Gasteiger partial charge on any atom is -0.481 e. The molecule has 0 aromatic carbocycles. The topological polar surface area (TPSA) is 72.9 Å². The fourth-order valence-corrected chi connectivity index (χ4v) is 3.16. The smallest absolute Gasteiger partial charge is 0.317 e. The number of hydrogen-bond acceptors (Lipinski definition) is 3. The number of hydrogen-bond donors (Lipinski definition) is 2. The van der Waals surface area contributed by atoms with Gasteiger partial charge in [0.05, 0.1) is 5.92 Å². The number of carboxylic acid groups (broad SMARTS) is 1. The molecule has 2 amide bonds. The third-order valence-electron chi connectivity index (χ3n) is 4.49. The first-order valence-electron chi connectivity index (χ1n) is 7.59. The molecule has 0 bridgehead atoms. The van der Waals surface area contributed by atoms with E-state index >= 15 is 0 Å². The van der Waals surface area contributed by atoms with Gasteiger partial charge in [0.25, 0.3) is 0 Å². The summed E-state index contributed by atoms with van der Waals surface area (Å²) in [7, 11) is 0. The van der Waals surface area contributed by atoms with Crippen LogP contribution in [0.4, 0.5) is 4.79 Å². The van der Waals surface area contributed by atoms with Crippen molar-refractivity contribution in [3.05, 3.63) is 0 Å². The van der Waals surface area contributed by atoms with Crippen LogP contribution in [0.2, 0.25) is 0 Å². The maximum Gasteiger partial charge on any atom is 0.317 e. The third kappa shape index (κ3) is 3.62. The molecule has 2 heterocycles. The van der Waals surface area contributed by atoms with Gasteiger partial charge in [-0.15, -0.1) is 0 Å². The fraction of sp³-hybridized carbons (Fsp3) is 0.857. The van der Waals surface area contributed by atoms with E-state index in [1.807, 2.05) is 6.92 Å². The number of nitrogens with one attached hydrogen (secondary N) is 1. The van der Waals surface area contributed by atoms with E-state index in [0.717, 1.165) is 19.6 Å². The van der Waals surface area contributed by atoms with Crippen LogP contribution in [0.15, 0.2) is 0 Å². The van der Waals surface area contributed by atoms with E-state index in [1.54, 1.807) is 4.90 Å². The molecule has 0 aromatic rings. The Kier molecular flexibility index (Phi) is 5.23. The number of aliphatic carboxylic acids is 1. The highest BCUT2D eigenvalue weighted by atomic mass is 16.4. The first kappa shape index (κ1) is 15.1. The van der Waals surface area contributed by atoms with Gasteiger partial charge < -0.3 is 20.2 Å². The molecule has 6 heteroatoms. The van der Waals surface area contributed by atoms with Crippen LogP contribution < -0.4 is 5.32 Å². The Labute approximate surface area is 120 Å². The Bertz CT molecular complexity index is 356. The van der Waals surface area contributed by atoms with E-state index in [9.17, 15) is 9.59 Å². The lowest BCUT2D eigenvalue weighted by Crippen LogP contribution is -2.46. The lowest BCUT2D eigenvalue weighted by Gasteiger charge is -2.27. The highest BCUT2D eigenvalue weighted by molar-refractivity contribution is 5.78. The standard InChI is InChI=1S/C14H25N3O3/c1-11-12(13(18)19)5-9-17(11)14(20)15-6-10-16-7-3-2-4-8-16/h11-12H,2-10H2,1H3,(H,15,20)(H,18,19). The quantitative estimate of drug-likeness (QED) is 0.806. The van der Waals surface area contributed by atoms with Gasteiger partial charge in [-0.2, -0.15) is 0 Å². The van der Waals surface area contributed by atoms with Crippen LogP contribution in [0.1, 0.15) is 32.6 Å². The van der Waals surface area contributed by atoms with E-state index < -0.39 is 11.9 Å². The first-order chi connectivity index (χ1) is 9.59. The van der Waals surface area contributed by atoms with Crippen molar-refractivity contribution in [1.82, 2.24) is 15.1 Å². The maximum atomic E-state index is 12.1. The van der Waals surface area contributed by atoms with Crippen molar-refractivity contribution in [2.45, 2.75) is 38.6 Å². The van der Waals surface area contributed by atoms with Gasteiger partial charge in [-0.3, -0.25) is 4.79 Å². The number of carboxylic acids is 1. The monoisotopic (exact) mass is 283 g/mol. The van der Waals surface area contributed by atoms with Crippen molar-refractivity contribution in [3.8, 4) is 0 Å². The molecule has 2 saturated heterocycles. The van der Waals surface area contributed by atoms with Crippen molar-refractivity contribution in [3.63, 3.8) is 0 Å². The summed E-state index contributed by atoms with van der Waals surface area (Å²) >= 11 is 0. The summed E-state index contributed by atoms with van der Waals surface area (Å²) in [4.78, 5) is 27.1. The molecule has 2 atom stereocenters. The Balaban J connectivity index is 1.71. The molecular weight excluding hydrogens is 258 g/mol. The van der Waals surface area contributed by atoms with Gasteiger partial charge >= 0.3 is 12.0 Å². The van der Waals surface area contributed by atoms with Crippen LogP contribution in [0.5, 0.6) is 0 Å². The summed E-state index contributed by atoms with van der Waals surface area (Å²) in [6.07, 6.45) is 4.36. The number of rotatable bonds is 4. The van der Waals surface area contributed by atoms with Crippen molar-refractivity contribution >= 4 is 12.0 Å². The molecule has 2 rings (SSSR count). The van der Waals surface area contributed by atoms with Gasteiger partial charge in [-0.1, -0.05) is 6.42 Å². The summed E-state index contributed by atoms with van der Waals surface area (Å²) in [6, 6.07) is -0.347. The van der Waals surface area contributed by atoms with Crippen LogP contribution in [0.25, 0.3) is 0 Å². The summed E-state index contributed by atoms with van der Waals surface area (Å²) in [5.41, 5.74) is 0. The van der Waals surface area contributed by atoms with Gasteiger partial charge in [-0.25, -0.2) is 4.79 Å². The summed E-state index contributed by atoms with van der Waals surface area (Å²) in [6.45, 7) is 6.12. The molecule has 0 saturated carbocycles. The molecule has 20 heavy (non-hydrogen) atoms. The zero-order chi connectivity index (χ0) is 14.5. The van der Waals surface area contributed by atoms with Gasteiger partial charge in [0.15, 0.2) is 0 Å². The number of carbonyl (C=O) groups excluding carboxylic acids is 1. The van der Waals surface area contributed by atoms with Crippen LogP contribution in [0, 0.1) is 5.92 Å². The summed E-state index contributed by atoms with van der Waals surface area (Å²) in [5.74, 6) is -1.23. The second-order valence-electron chi connectivity index (χ2n) is 5.80. The molecule has 2 fully saturated rings. The van der Waals surface area contributed by atoms with Crippen LogP contribution in [-0.4, -0.2) is 65.7 Å². The Morgan fingerprint density at radius 2 is 1.90 bits per heavy atom. The zero-order valence-electron chi connectivity index (χ0n) is 12.2. The molecule has 2 aliphatic rings. The molecule has 114 valence electrons. The molecule has 0 spiro atoms. The molecule has 2 N–H and O–H groups in total. The normalized spacial score (nSPS) is 27.6. The second kappa shape index (κ2) is 6.92. The van der Waals surface area contributed by atoms with Gasteiger partial charge in [0.1, 0.15) is 0 Å². The maximum absolute atomic E-state index is 12.1. The molecule has 0 radical (unpaired) electrons. The fourth-order valence-electron chi connectivity index (χ4n) is 3.16. The highest BCUT2D eigenvalue weighted by Crippen LogP contribution is 2.24. The average Bonchev–Trinajstić information content (AvgIpc) is 2.82. The minimum absolute atomic E-state index is 0.127. The number of likely N-dealkylation sites (tertiary alicyclic amines) is 2. The number of nitrogens with zero attached hydrogens (tertiary/aromatic N) is 2. The van der Waals surface area contributed by atoms with E-state index in [-0.39, 0.29) is 12.1 Å². The van der Waals surface area contributed by atoms with Crippen molar-refractivity contribution in [2.75, 3.05) is 32.7 Å². The Hall–Kier alpha value is -1.30. The lowest BCUT2D eigenvalue weighted by molar-refractivity contribution is -0.142. The lowest BCUT2D eigenvalue weighted by atomic mass is 10.0. The number of piperidine rings is 1. The first-order valence-corrected chi connectivity index (χ1v) is 7.59. The number of amides is 2. The molecule has 0 aromatic heterocycles. The molecule has 2 unspecified atom stereocenters. The van der Waals surface area contributed by atoms with Gasteiger partial charge in [-0.05, 0) is 39.3 Å². The van der Waals surface area contributed by atoms with Gasteiger partial charge in [0.2, 0.25) is 0 Å². The van der Waals surface area contributed by atoms with Crippen LogP contribution in [0.3, 0.4) is 0 Å². The highest BCUT2D eigenvalue weighted by Gasteiger charge is 2.37.